The summed E-state index contributed by atoms with van der Waals surface area (Å²) >= 11 is 0. The van der Waals surface area contributed by atoms with E-state index in [1.807, 2.05) is 6.92 Å². The first-order valence-electron chi connectivity index (χ1n) is 5.88. The molecule has 1 aromatic rings. The maximum absolute atomic E-state index is 10.4. The SMILES string of the molecule is CCC/C=C\C[NH3+].Cc1ccc(S(=O)(=O)[O-])cc1. The van der Waals surface area contributed by atoms with Crippen LogP contribution in [0.15, 0.2) is 41.3 Å². The zero-order valence-corrected chi connectivity index (χ0v) is 11.7. The van der Waals surface area contributed by atoms with Gasteiger partial charge in [0.15, 0.2) is 0 Å². The number of unbranched alkanes of at least 4 members (excludes halogenated alkanes) is 1. The second-order valence-corrected chi connectivity index (χ2v) is 5.20. The first-order valence-corrected chi connectivity index (χ1v) is 7.29. The van der Waals surface area contributed by atoms with Crippen LogP contribution in [0, 0.1) is 6.92 Å². The van der Waals surface area contributed by atoms with Crippen LogP contribution in [0.5, 0.6) is 0 Å². The van der Waals surface area contributed by atoms with E-state index in [0.717, 1.165) is 12.1 Å². The molecule has 1 rings (SSSR count). The topological polar surface area (TPSA) is 84.8 Å². The summed E-state index contributed by atoms with van der Waals surface area (Å²) in [5.41, 5.74) is 4.60. The highest BCUT2D eigenvalue weighted by Gasteiger charge is 1.97. The predicted molar refractivity (Wildman–Crippen MR) is 70.9 cm³/mol. The number of aryl methyl sites for hydroxylation is 1. The Labute approximate surface area is 109 Å². The highest BCUT2D eigenvalue weighted by molar-refractivity contribution is 7.85. The van der Waals surface area contributed by atoms with Crippen LogP contribution in [0.25, 0.3) is 0 Å². The third-order valence-corrected chi connectivity index (χ3v) is 2.95. The van der Waals surface area contributed by atoms with Crippen molar-refractivity contribution < 1.29 is 18.7 Å². The molecule has 0 fully saturated rings. The van der Waals surface area contributed by atoms with Crippen LogP contribution >= 0.6 is 0 Å². The molecule has 4 nitrogen and oxygen atoms in total. The normalized spacial score (nSPS) is 11.1. The fourth-order valence-electron chi connectivity index (χ4n) is 1.11. The van der Waals surface area contributed by atoms with Gasteiger partial charge in [-0.25, -0.2) is 8.42 Å². The lowest BCUT2D eigenvalue weighted by Gasteiger charge is -2.05. The van der Waals surface area contributed by atoms with Crippen molar-refractivity contribution in [3.63, 3.8) is 0 Å². The van der Waals surface area contributed by atoms with E-state index in [0.29, 0.717) is 0 Å². The number of rotatable bonds is 4. The fraction of sp³-hybridized carbons (Fsp3) is 0.385. The van der Waals surface area contributed by atoms with Crippen LogP contribution in [0.3, 0.4) is 0 Å². The van der Waals surface area contributed by atoms with Crippen molar-refractivity contribution in [1.82, 2.24) is 0 Å². The summed E-state index contributed by atoms with van der Waals surface area (Å²) in [6.07, 6.45) is 6.72. The lowest BCUT2D eigenvalue weighted by atomic mass is 10.2. The molecule has 0 aliphatic rings. The summed E-state index contributed by atoms with van der Waals surface area (Å²) in [4.78, 5) is -0.178. The van der Waals surface area contributed by atoms with E-state index in [1.54, 1.807) is 12.1 Å². The predicted octanol–water partition coefficient (Wildman–Crippen LogP) is 1.48. The number of quaternary nitrogens is 1. The largest absolute Gasteiger partial charge is 0.744 e. The molecule has 0 aliphatic carbocycles. The zero-order chi connectivity index (χ0) is 14.0. The first kappa shape index (κ1) is 16.8. The molecule has 0 saturated heterocycles. The molecule has 1 aromatic carbocycles. The Hall–Kier alpha value is -1.17. The van der Waals surface area contributed by atoms with Gasteiger partial charge in [0.25, 0.3) is 0 Å². The minimum absolute atomic E-state index is 0.178. The minimum atomic E-state index is -4.27. The Morgan fingerprint density at radius 1 is 1.22 bits per heavy atom. The van der Waals surface area contributed by atoms with Crippen molar-refractivity contribution in [1.29, 1.82) is 0 Å². The molecule has 0 amide bonds. The summed E-state index contributed by atoms with van der Waals surface area (Å²) in [6, 6.07) is 5.78. The summed E-state index contributed by atoms with van der Waals surface area (Å²) in [6.45, 7) is 4.93. The molecule has 0 atom stereocenters. The third-order valence-electron chi connectivity index (χ3n) is 2.10. The third kappa shape index (κ3) is 8.00. The first-order chi connectivity index (χ1) is 8.41. The quantitative estimate of drug-likeness (QED) is 0.665. The molecule has 0 aliphatic heterocycles. The monoisotopic (exact) mass is 271 g/mol. The highest BCUT2D eigenvalue weighted by atomic mass is 32.2. The molecule has 3 N–H and O–H groups in total. The number of hydrogen-bond donors (Lipinski definition) is 1. The summed E-state index contributed by atoms with van der Waals surface area (Å²) < 4.78 is 31.2. The van der Waals surface area contributed by atoms with E-state index in [2.05, 4.69) is 24.8 Å². The van der Waals surface area contributed by atoms with Gasteiger partial charge in [0.2, 0.25) is 0 Å². The molecular formula is C13H21NO3S. The van der Waals surface area contributed by atoms with Gasteiger partial charge in [0.1, 0.15) is 10.1 Å². The molecule has 0 saturated carbocycles. The molecule has 0 bridgehead atoms. The van der Waals surface area contributed by atoms with E-state index in [-0.39, 0.29) is 4.90 Å². The van der Waals surface area contributed by atoms with Crippen LogP contribution in [-0.2, 0) is 10.1 Å². The Morgan fingerprint density at radius 2 is 1.78 bits per heavy atom. The lowest BCUT2D eigenvalue weighted by Crippen LogP contribution is -2.49. The Morgan fingerprint density at radius 3 is 2.17 bits per heavy atom. The van der Waals surface area contributed by atoms with Crippen molar-refractivity contribution in [3.8, 4) is 0 Å². The summed E-state index contributed by atoms with van der Waals surface area (Å²) in [7, 11) is -4.27. The van der Waals surface area contributed by atoms with Gasteiger partial charge in [-0.1, -0.05) is 37.1 Å². The Balaban J connectivity index is 0.000000360. The minimum Gasteiger partial charge on any atom is -0.744 e. The Bertz CT molecular complexity index is 450. The van der Waals surface area contributed by atoms with Crippen LogP contribution in [0.2, 0.25) is 0 Å². The van der Waals surface area contributed by atoms with Crippen molar-refractivity contribution >= 4 is 10.1 Å². The summed E-state index contributed by atoms with van der Waals surface area (Å²) in [5.74, 6) is 0. The van der Waals surface area contributed by atoms with Gasteiger partial charge >= 0.3 is 0 Å². The molecule has 18 heavy (non-hydrogen) atoms. The standard InChI is InChI=1S/C7H8O3S.C6H13N/c1-6-2-4-7(5-3-6)11(8,9)10;1-2-3-4-5-6-7/h2-5H,1H3,(H,8,9,10);4-5H,2-3,6-7H2,1H3/b;5-4-. The molecule has 0 unspecified atom stereocenters. The number of benzene rings is 1. The fourth-order valence-corrected chi connectivity index (χ4v) is 1.58. The van der Waals surface area contributed by atoms with Crippen LogP contribution < -0.4 is 5.73 Å². The zero-order valence-electron chi connectivity index (χ0n) is 10.9. The van der Waals surface area contributed by atoms with Gasteiger partial charge in [-0.05, 0) is 31.6 Å². The molecule has 0 aromatic heterocycles. The molecular weight excluding hydrogens is 250 g/mol. The van der Waals surface area contributed by atoms with Crippen molar-refractivity contribution in [2.24, 2.45) is 0 Å². The second-order valence-electron chi connectivity index (χ2n) is 3.82. The van der Waals surface area contributed by atoms with Gasteiger partial charge in [-0.2, -0.15) is 0 Å². The van der Waals surface area contributed by atoms with Crippen molar-refractivity contribution in [2.75, 3.05) is 6.54 Å². The van der Waals surface area contributed by atoms with E-state index in [9.17, 15) is 13.0 Å². The second kappa shape index (κ2) is 8.85. The lowest BCUT2D eigenvalue weighted by molar-refractivity contribution is -0.352. The molecule has 102 valence electrons. The van der Waals surface area contributed by atoms with Crippen molar-refractivity contribution in [3.05, 3.63) is 42.0 Å². The smallest absolute Gasteiger partial charge is 0.124 e. The number of allylic oxidation sites excluding steroid dienone is 1. The molecule has 0 heterocycles. The average molecular weight is 271 g/mol. The van der Waals surface area contributed by atoms with Gasteiger partial charge in [-0.3, -0.25) is 0 Å². The molecule has 5 heteroatoms. The van der Waals surface area contributed by atoms with E-state index < -0.39 is 10.1 Å². The maximum atomic E-state index is 10.4. The maximum Gasteiger partial charge on any atom is 0.124 e. The molecule has 0 radical (unpaired) electrons. The van der Waals surface area contributed by atoms with Crippen LogP contribution in [0.1, 0.15) is 25.3 Å². The highest BCUT2D eigenvalue weighted by Crippen LogP contribution is 2.08. The van der Waals surface area contributed by atoms with Crippen LogP contribution in [0.4, 0.5) is 0 Å². The van der Waals surface area contributed by atoms with E-state index >= 15 is 0 Å². The van der Waals surface area contributed by atoms with Crippen molar-refractivity contribution in [2.45, 2.75) is 31.6 Å². The summed E-state index contributed by atoms with van der Waals surface area (Å²) in [5, 5.41) is 0. The Kier molecular flexibility index (Phi) is 8.28. The van der Waals surface area contributed by atoms with E-state index in [1.165, 1.54) is 25.0 Å². The number of hydrogen-bond acceptors (Lipinski definition) is 3. The van der Waals surface area contributed by atoms with Gasteiger partial charge < -0.3 is 10.3 Å². The van der Waals surface area contributed by atoms with Crippen LogP contribution in [-0.4, -0.2) is 19.5 Å². The van der Waals surface area contributed by atoms with Gasteiger partial charge in [0, 0.05) is 0 Å². The van der Waals surface area contributed by atoms with Gasteiger partial charge in [0.05, 0.1) is 11.4 Å². The molecule has 0 spiro atoms. The van der Waals surface area contributed by atoms with E-state index in [4.69, 9.17) is 0 Å². The van der Waals surface area contributed by atoms with Gasteiger partial charge in [-0.15, -0.1) is 0 Å². The average Bonchev–Trinajstić information content (AvgIpc) is 2.30.